The van der Waals surface area contributed by atoms with Gasteiger partial charge in [-0.2, -0.15) is 0 Å². The lowest BCUT2D eigenvalue weighted by atomic mass is 10.2. The number of nitrogens with one attached hydrogen (secondary N) is 2. The summed E-state index contributed by atoms with van der Waals surface area (Å²) in [6, 6.07) is -0.926. The monoisotopic (exact) mass is 287 g/mol. The molecule has 0 saturated carbocycles. The molecule has 0 fully saturated rings. The molecule has 0 aliphatic heterocycles. The van der Waals surface area contributed by atoms with E-state index in [0.29, 0.717) is 6.54 Å². The molecule has 0 bridgehead atoms. The molecule has 8 nitrogen and oxygen atoms in total. The van der Waals surface area contributed by atoms with Crippen molar-refractivity contribution in [3.8, 4) is 0 Å². The fraction of sp³-hybridized carbons (Fsp3) is 0.667. The van der Waals surface area contributed by atoms with Gasteiger partial charge in [-0.25, -0.2) is 4.79 Å². The summed E-state index contributed by atoms with van der Waals surface area (Å²) < 4.78 is 0. The maximum Gasteiger partial charge on any atom is 0.326 e. The summed E-state index contributed by atoms with van der Waals surface area (Å²) in [7, 11) is 1.38. The van der Waals surface area contributed by atoms with E-state index < -0.39 is 17.9 Å². The van der Waals surface area contributed by atoms with Gasteiger partial charge in [-0.1, -0.05) is 0 Å². The first kappa shape index (κ1) is 17.9. The summed E-state index contributed by atoms with van der Waals surface area (Å²) in [5.41, 5.74) is 0. The average Bonchev–Trinajstić information content (AvgIpc) is 2.38. The molecule has 8 heteroatoms. The number of aliphatic carboxylic acids is 1. The minimum atomic E-state index is -1.10. The Morgan fingerprint density at radius 1 is 1.10 bits per heavy atom. The molecule has 0 spiro atoms. The van der Waals surface area contributed by atoms with E-state index in [9.17, 15) is 19.2 Å². The van der Waals surface area contributed by atoms with Gasteiger partial charge in [0.15, 0.2) is 0 Å². The van der Waals surface area contributed by atoms with Gasteiger partial charge < -0.3 is 20.6 Å². The lowest BCUT2D eigenvalue weighted by molar-refractivity contribution is -0.148. The molecule has 0 aliphatic rings. The number of carbonyl (C=O) groups is 4. The van der Waals surface area contributed by atoms with Crippen LogP contribution in [0, 0.1) is 0 Å². The van der Waals surface area contributed by atoms with Crippen molar-refractivity contribution in [2.75, 3.05) is 20.1 Å². The number of carboxylic acid groups (broad SMARTS) is 1. The molecular formula is C12H21N3O5. The van der Waals surface area contributed by atoms with Crippen LogP contribution in [0.5, 0.6) is 0 Å². The normalized spacial score (nSPS) is 11.3. The molecule has 3 amide bonds. The summed E-state index contributed by atoms with van der Waals surface area (Å²) in [6.45, 7) is 3.38. The minimum Gasteiger partial charge on any atom is -0.480 e. The van der Waals surface area contributed by atoms with Gasteiger partial charge in [-0.15, -0.1) is 0 Å². The molecule has 0 aliphatic carbocycles. The Morgan fingerprint density at radius 3 is 2.15 bits per heavy atom. The summed E-state index contributed by atoms with van der Waals surface area (Å²) in [5, 5.41) is 13.8. The Hall–Kier alpha value is -2.12. The molecular weight excluding hydrogens is 266 g/mol. The highest BCUT2D eigenvalue weighted by Gasteiger charge is 2.21. The van der Waals surface area contributed by atoms with E-state index in [0.717, 1.165) is 4.90 Å². The van der Waals surface area contributed by atoms with Crippen molar-refractivity contribution >= 4 is 23.7 Å². The average molecular weight is 287 g/mol. The number of hydrogen-bond acceptors (Lipinski definition) is 4. The van der Waals surface area contributed by atoms with Crippen LogP contribution in [0.25, 0.3) is 0 Å². The van der Waals surface area contributed by atoms with Crippen LogP contribution in [0.1, 0.15) is 26.7 Å². The minimum absolute atomic E-state index is 0.0183. The Balaban J connectivity index is 3.91. The smallest absolute Gasteiger partial charge is 0.326 e. The molecule has 1 atom stereocenters. The molecule has 0 aromatic carbocycles. The van der Waals surface area contributed by atoms with Gasteiger partial charge in [0.25, 0.3) is 0 Å². The summed E-state index contributed by atoms with van der Waals surface area (Å²) >= 11 is 0. The van der Waals surface area contributed by atoms with E-state index in [2.05, 4.69) is 10.6 Å². The maximum absolute atomic E-state index is 11.6. The third-order valence-corrected chi connectivity index (χ3v) is 2.72. The SMILES string of the molecule is CC(=O)NCCNC(=O)CCC(=O)N(C)C(C)C(=O)O. The number of nitrogens with zero attached hydrogens (tertiary/aromatic N) is 1. The number of carboxylic acids is 1. The second-order valence-corrected chi connectivity index (χ2v) is 4.35. The predicted molar refractivity (Wildman–Crippen MR) is 70.8 cm³/mol. The van der Waals surface area contributed by atoms with E-state index in [-0.39, 0.29) is 31.2 Å². The van der Waals surface area contributed by atoms with Gasteiger partial charge in [0.05, 0.1) is 0 Å². The number of likely N-dealkylation sites (N-methyl/N-ethyl adjacent to an activating group) is 1. The van der Waals surface area contributed by atoms with Crippen molar-refractivity contribution in [3.05, 3.63) is 0 Å². The van der Waals surface area contributed by atoms with Gasteiger partial charge in [0, 0.05) is 39.9 Å². The standard InChI is InChI=1S/C12H21N3O5/c1-8(12(19)20)15(3)11(18)5-4-10(17)14-7-6-13-9(2)16/h8H,4-7H2,1-3H3,(H,13,16)(H,14,17)(H,19,20). The molecule has 0 heterocycles. The Kier molecular flexibility index (Phi) is 7.95. The first-order valence-corrected chi connectivity index (χ1v) is 6.25. The van der Waals surface area contributed by atoms with E-state index in [4.69, 9.17) is 5.11 Å². The van der Waals surface area contributed by atoms with Crippen LogP contribution >= 0.6 is 0 Å². The molecule has 0 rings (SSSR count). The molecule has 0 aromatic rings. The largest absolute Gasteiger partial charge is 0.480 e. The van der Waals surface area contributed by atoms with Gasteiger partial charge in [-0.05, 0) is 6.92 Å². The summed E-state index contributed by atoms with van der Waals surface area (Å²) in [6.07, 6.45) is -0.0737. The highest BCUT2D eigenvalue weighted by Crippen LogP contribution is 2.01. The lowest BCUT2D eigenvalue weighted by Gasteiger charge is -2.21. The maximum atomic E-state index is 11.6. The van der Waals surface area contributed by atoms with Crippen molar-refractivity contribution in [1.82, 2.24) is 15.5 Å². The summed E-state index contributed by atoms with van der Waals surface area (Å²) in [4.78, 5) is 45.4. The number of carbonyl (C=O) groups excluding carboxylic acids is 3. The molecule has 0 radical (unpaired) electrons. The molecule has 1 unspecified atom stereocenters. The zero-order valence-corrected chi connectivity index (χ0v) is 11.9. The molecule has 0 aromatic heterocycles. The lowest BCUT2D eigenvalue weighted by Crippen LogP contribution is -2.40. The van der Waals surface area contributed by atoms with Gasteiger partial charge >= 0.3 is 5.97 Å². The Bertz CT molecular complexity index is 383. The van der Waals surface area contributed by atoms with Crippen molar-refractivity contribution in [3.63, 3.8) is 0 Å². The van der Waals surface area contributed by atoms with Crippen LogP contribution in [-0.2, 0) is 19.2 Å². The summed E-state index contributed by atoms with van der Waals surface area (Å²) in [5.74, 6) is -2.00. The van der Waals surface area contributed by atoms with Crippen LogP contribution in [0.2, 0.25) is 0 Å². The third kappa shape index (κ3) is 7.34. The van der Waals surface area contributed by atoms with Crippen LogP contribution in [0.3, 0.4) is 0 Å². The van der Waals surface area contributed by atoms with Gasteiger partial charge in [0.2, 0.25) is 17.7 Å². The first-order chi connectivity index (χ1) is 9.25. The van der Waals surface area contributed by atoms with Crippen LogP contribution in [0.15, 0.2) is 0 Å². The van der Waals surface area contributed by atoms with E-state index in [1.54, 1.807) is 0 Å². The van der Waals surface area contributed by atoms with Crippen molar-refractivity contribution in [2.45, 2.75) is 32.7 Å². The third-order valence-electron chi connectivity index (χ3n) is 2.72. The van der Waals surface area contributed by atoms with Crippen LogP contribution in [-0.4, -0.2) is 59.9 Å². The van der Waals surface area contributed by atoms with Crippen LogP contribution in [0.4, 0.5) is 0 Å². The zero-order chi connectivity index (χ0) is 15.7. The number of hydrogen-bond donors (Lipinski definition) is 3. The van der Waals surface area contributed by atoms with Gasteiger partial charge in [-0.3, -0.25) is 14.4 Å². The van der Waals surface area contributed by atoms with E-state index in [1.807, 2.05) is 0 Å². The second kappa shape index (κ2) is 8.89. The number of amides is 3. The quantitative estimate of drug-likeness (QED) is 0.493. The predicted octanol–water partition coefficient (Wildman–Crippen LogP) is -1.05. The van der Waals surface area contributed by atoms with Crippen molar-refractivity contribution in [2.24, 2.45) is 0 Å². The van der Waals surface area contributed by atoms with E-state index in [1.165, 1.54) is 20.9 Å². The Labute approximate surface area is 117 Å². The van der Waals surface area contributed by atoms with Crippen molar-refractivity contribution in [1.29, 1.82) is 0 Å². The molecule has 114 valence electrons. The Morgan fingerprint density at radius 2 is 1.65 bits per heavy atom. The molecule has 20 heavy (non-hydrogen) atoms. The first-order valence-electron chi connectivity index (χ1n) is 6.25. The highest BCUT2D eigenvalue weighted by atomic mass is 16.4. The topological polar surface area (TPSA) is 116 Å². The molecule has 3 N–H and O–H groups in total. The zero-order valence-electron chi connectivity index (χ0n) is 11.9. The highest BCUT2D eigenvalue weighted by molar-refractivity contribution is 5.86. The fourth-order valence-corrected chi connectivity index (χ4v) is 1.31. The van der Waals surface area contributed by atoms with Crippen molar-refractivity contribution < 1.29 is 24.3 Å². The fourth-order valence-electron chi connectivity index (χ4n) is 1.31. The second-order valence-electron chi connectivity index (χ2n) is 4.35. The molecule has 0 saturated heterocycles. The number of rotatable bonds is 8. The van der Waals surface area contributed by atoms with E-state index >= 15 is 0 Å². The van der Waals surface area contributed by atoms with Gasteiger partial charge in [0.1, 0.15) is 6.04 Å². The van der Waals surface area contributed by atoms with Crippen LogP contribution < -0.4 is 10.6 Å².